The fourth-order valence-corrected chi connectivity index (χ4v) is 1.42. The first-order valence-corrected chi connectivity index (χ1v) is 4.34. The van der Waals surface area contributed by atoms with Crippen LogP contribution in [0.1, 0.15) is 25.7 Å². The van der Waals surface area contributed by atoms with Gasteiger partial charge in [-0.2, -0.15) is 0 Å². The van der Waals surface area contributed by atoms with Gasteiger partial charge < -0.3 is 15.6 Å². The van der Waals surface area contributed by atoms with E-state index in [0.29, 0.717) is 13.2 Å². The van der Waals surface area contributed by atoms with Crippen molar-refractivity contribution in [2.75, 3.05) is 13.2 Å². The second kappa shape index (κ2) is 4.70. The first kappa shape index (κ1) is 8.97. The molecular formula is C8H17NO2. The van der Waals surface area contributed by atoms with Crippen molar-refractivity contribution in [2.45, 2.75) is 37.9 Å². The lowest BCUT2D eigenvalue weighted by Gasteiger charge is -2.14. The van der Waals surface area contributed by atoms with Gasteiger partial charge in [-0.15, -0.1) is 0 Å². The van der Waals surface area contributed by atoms with Gasteiger partial charge in [-0.25, -0.2) is 0 Å². The molecule has 0 aromatic carbocycles. The smallest absolute Gasteiger partial charge is 0.0833 e. The summed E-state index contributed by atoms with van der Waals surface area (Å²) in [6, 6.07) is 0. The molecule has 3 heteroatoms. The van der Waals surface area contributed by atoms with Crippen LogP contribution in [0.3, 0.4) is 0 Å². The lowest BCUT2D eigenvalue weighted by Crippen LogP contribution is -2.23. The van der Waals surface area contributed by atoms with E-state index in [1.54, 1.807) is 0 Å². The van der Waals surface area contributed by atoms with Gasteiger partial charge in [-0.3, -0.25) is 0 Å². The van der Waals surface area contributed by atoms with E-state index >= 15 is 0 Å². The molecule has 0 amide bonds. The zero-order valence-corrected chi connectivity index (χ0v) is 6.83. The molecule has 2 atom stereocenters. The fraction of sp³-hybridized carbons (Fsp3) is 1.00. The van der Waals surface area contributed by atoms with E-state index in [2.05, 4.69) is 0 Å². The monoisotopic (exact) mass is 159 g/mol. The Balaban J connectivity index is 2.05. The third-order valence-corrected chi connectivity index (χ3v) is 2.10. The van der Waals surface area contributed by atoms with Crippen molar-refractivity contribution in [1.82, 2.24) is 0 Å². The van der Waals surface area contributed by atoms with Gasteiger partial charge in [-0.1, -0.05) is 0 Å². The average molecular weight is 159 g/mol. The van der Waals surface area contributed by atoms with Gasteiger partial charge in [0.1, 0.15) is 0 Å². The van der Waals surface area contributed by atoms with E-state index in [4.69, 9.17) is 10.5 Å². The molecule has 3 N–H and O–H groups in total. The quantitative estimate of drug-likeness (QED) is 0.579. The molecule has 1 fully saturated rings. The fourth-order valence-electron chi connectivity index (χ4n) is 1.42. The summed E-state index contributed by atoms with van der Waals surface area (Å²) >= 11 is 0. The minimum Gasteiger partial charge on any atom is -0.390 e. The van der Waals surface area contributed by atoms with Gasteiger partial charge in [0.05, 0.1) is 12.2 Å². The van der Waals surface area contributed by atoms with Crippen LogP contribution < -0.4 is 5.73 Å². The summed E-state index contributed by atoms with van der Waals surface area (Å²) in [6.45, 7) is 1.36. The second-order valence-corrected chi connectivity index (χ2v) is 3.05. The summed E-state index contributed by atoms with van der Waals surface area (Å²) in [5, 5.41) is 9.33. The van der Waals surface area contributed by atoms with Gasteiger partial charge in [0.2, 0.25) is 0 Å². The largest absolute Gasteiger partial charge is 0.390 e. The van der Waals surface area contributed by atoms with Crippen LogP contribution in [-0.4, -0.2) is 30.5 Å². The van der Waals surface area contributed by atoms with Crippen LogP contribution in [0.4, 0.5) is 0 Å². The molecule has 0 radical (unpaired) electrons. The summed E-state index contributed by atoms with van der Waals surface area (Å²) in [6.07, 6.45) is 3.74. The highest BCUT2D eigenvalue weighted by molar-refractivity contribution is 4.76. The van der Waals surface area contributed by atoms with Crippen molar-refractivity contribution in [1.29, 1.82) is 0 Å². The summed E-state index contributed by atoms with van der Waals surface area (Å²) in [5.74, 6) is 0. The first-order chi connectivity index (χ1) is 5.34. The lowest BCUT2D eigenvalue weighted by atomic mass is 10.2. The van der Waals surface area contributed by atoms with Crippen molar-refractivity contribution in [3.63, 3.8) is 0 Å². The Morgan fingerprint density at radius 1 is 1.45 bits per heavy atom. The molecule has 66 valence electrons. The van der Waals surface area contributed by atoms with E-state index in [1.807, 2.05) is 0 Å². The number of aliphatic hydroxyl groups is 1. The standard InChI is InChI=1S/C8H17NO2/c9-5-2-6-11-8-4-1-3-7(8)10/h7-8,10H,1-6,9H2. The maximum Gasteiger partial charge on any atom is 0.0833 e. The van der Waals surface area contributed by atoms with Crippen molar-refractivity contribution in [2.24, 2.45) is 5.73 Å². The van der Waals surface area contributed by atoms with Crippen LogP contribution in [-0.2, 0) is 4.74 Å². The van der Waals surface area contributed by atoms with Crippen molar-refractivity contribution >= 4 is 0 Å². The molecule has 0 spiro atoms. The predicted octanol–water partition coefficient (Wildman–Crippen LogP) is 0.265. The number of hydrogen-bond acceptors (Lipinski definition) is 3. The molecule has 0 aromatic rings. The highest BCUT2D eigenvalue weighted by atomic mass is 16.5. The van der Waals surface area contributed by atoms with E-state index < -0.39 is 0 Å². The van der Waals surface area contributed by atoms with Crippen molar-refractivity contribution in [3.8, 4) is 0 Å². The minimum absolute atomic E-state index is 0.0848. The first-order valence-electron chi connectivity index (χ1n) is 4.34. The summed E-state index contributed by atoms with van der Waals surface area (Å²) in [4.78, 5) is 0. The average Bonchev–Trinajstić information content (AvgIpc) is 2.37. The number of hydrogen-bond donors (Lipinski definition) is 2. The number of nitrogens with two attached hydrogens (primary N) is 1. The Kier molecular flexibility index (Phi) is 3.83. The number of ether oxygens (including phenoxy) is 1. The Bertz CT molecular complexity index is 108. The Labute approximate surface area is 67.5 Å². The Morgan fingerprint density at radius 3 is 2.82 bits per heavy atom. The Hall–Kier alpha value is -0.120. The van der Waals surface area contributed by atoms with Gasteiger partial charge in [0.15, 0.2) is 0 Å². The summed E-state index contributed by atoms with van der Waals surface area (Å²) in [7, 11) is 0. The summed E-state index contributed by atoms with van der Waals surface area (Å²) in [5.41, 5.74) is 5.31. The topological polar surface area (TPSA) is 55.5 Å². The van der Waals surface area contributed by atoms with E-state index in [9.17, 15) is 5.11 Å². The van der Waals surface area contributed by atoms with Crippen molar-refractivity contribution < 1.29 is 9.84 Å². The van der Waals surface area contributed by atoms with Crippen LogP contribution in [0.25, 0.3) is 0 Å². The molecule has 0 aromatic heterocycles. The molecule has 0 heterocycles. The van der Waals surface area contributed by atoms with Crippen molar-refractivity contribution in [3.05, 3.63) is 0 Å². The van der Waals surface area contributed by atoms with E-state index in [1.165, 1.54) is 0 Å². The predicted molar refractivity (Wildman–Crippen MR) is 43.3 cm³/mol. The minimum atomic E-state index is -0.229. The third-order valence-electron chi connectivity index (χ3n) is 2.10. The molecule has 11 heavy (non-hydrogen) atoms. The maximum absolute atomic E-state index is 9.33. The van der Waals surface area contributed by atoms with Crippen LogP contribution in [0.5, 0.6) is 0 Å². The molecule has 0 aliphatic heterocycles. The van der Waals surface area contributed by atoms with Crippen LogP contribution >= 0.6 is 0 Å². The molecule has 1 saturated carbocycles. The lowest BCUT2D eigenvalue weighted by molar-refractivity contribution is -0.0186. The molecule has 0 bridgehead atoms. The van der Waals surface area contributed by atoms with Gasteiger partial charge in [0.25, 0.3) is 0 Å². The Morgan fingerprint density at radius 2 is 2.27 bits per heavy atom. The molecule has 0 saturated heterocycles. The zero-order valence-electron chi connectivity index (χ0n) is 6.83. The highest BCUT2D eigenvalue weighted by Crippen LogP contribution is 2.21. The molecule has 3 nitrogen and oxygen atoms in total. The molecule has 1 aliphatic rings. The van der Waals surface area contributed by atoms with E-state index in [-0.39, 0.29) is 12.2 Å². The normalized spacial score (nSPS) is 31.1. The van der Waals surface area contributed by atoms with Gasteiger partial charge in [-0.05, 0) is 32.2 Å². The van der Waals surface area contributed by atoms with Crippen LogP contribution in [0.2, 0.25) is 0 Å². The third kappa shape index (κ3) is 2.77. The van der Waals surface area contributed by atoms with Crippen LogP contribution in [0, 0.1) is 0 Å². The number of aliphatic hydroxyl groups excluding tert-OH is 1. The maximum atomic E-state index is 9.33. The summed E-state index contributed by atoms with van der Waals surface area (Å²) < 4.78 is 5.43. The number of rotatable bonds is 4. The van der Waals surface area contributed by atoms with E-state index in [0.717, 1.165) is 25.7 Å². The molecular weight excluding hydrogens is 142 g/mol. The molecule has 2 unspecified atom stereocenters. The van der Waals surface area contributed by atoms with Gasteiger partial charge >= 0.3 is 0 Å². The van der Waals surface area contributed by atoms with Gasteiger partial charge in [0, 0.05) is 6.61 Å². The molecule has 1 aliphatic carbocycles. The zero-order chi connectivity index (χ0) is 8.10. The highest BCUT2D eigenvalue weighted by Gasteiger charge is 2.25. The van der Waals surface area contributed by atoms with Crippen LogP contribution in [0.15, 0.2) is 0 Å². The molecule has 1 rings (SSSR count). The SMILES string of the molecule is NCCCOC1CCCC1O. The second-order valence-electron chi connectivity index (χ2n) is 3.05.